The molecule has 3 aromatic carbocycles. The van der Waals surface area contributed by atoms with E-state index in [1.165, 1.54) is 18.2 Å². The monoisotopic (exact) mass is 497 g/mol. The van der Waals surface area contributed by atoms with Crippen molar-refractivity contribution in [2.75, 3.05) is 24.3 Å². The molecule has 35 heavy (non-hydrogen) atoms. The molecule has 1 heterocycles. The molecule has 0 aromatic heterocycles. The Bertz CT molecular complexity index is 1140. The summed E-state index contributed by atoms with van der Waals surface area (Å²) >= 11 is 4.04. The maximum atomic E-state index is 13.8. The van der Waals surface area contributed by atoms with E-state index in [-0.39, 0.29) is 29.6 Å². The number of urea groups is 1. The van der Waals surface area contributed by atoms with E-state index < -0.39 is 0 Å². The number of thiol groups is 1. The fraction of sp³-hybridized carbons (Fsp3) is 0.296. The van der Waals surface area contributed by atoms with Crippen LogP contribution in [0.1, 0.15) is 23.1 Å². The fourth-order valence-corrected chi connectivity index (χ4v) is 4.57. The highest BCUT2D eigenvalue weighted by atomic mass is 32.1. The third kappa shape index (κ3) is 7.19. The van der Waals surface area contributed by atoms with Gasteiger partial charge in [0.2, 0.25) is 0 Å². The molecular weight excluding hydrogens is 468 g/mol. The smallest absolute Gasteiger partial charge is 0.319 e. The minimum absolute atomic E-state index is 0.165. The Hall–Kier alpha value is -3.10. The van der Waals surface area contributed by atoms with Gasteiger partial charge in [0.05, 0.1) is 0 Å². The highest BCUT2D eigenvalue weighted by molar-refractivity contribution is 7.80. The van der Waals surface area contributed by atoms with E-state index in [1.807, 2.05) is 6.07 Å². The second kappa shape index (κ2) is 12.0. The summed E-state index contributed by atoms with van der Waals surface area (Å²) in [7, 11) is 0. The molecule has 2 amide bonds. The van der Waals surface area contributed by atoms with Crippen molar-refractivity contribution in [2.45, 2.75) is 31.8 Å². The molecule has 8 heteroatoms. The van der Waals surface area contributed by atoms with E-state index >= 15 is 0 Å². The number of nitrogens with one attached hydrogen (secondary N) is 2. The van der Waals surface area contributed by atoms with Crippen LogP contribution in [0.4, 0.5) is 19.3 Å². The lowest BCUT2D eigenvalue weighted by Crippen LogP contribution is -2.43. The van der Waals surface area contributed by atoms with Crippen LogP contribution in [-0.2, 0) is 19.4 Å². The number of ether oxygens (including phenoxy) is 1. The quantitative estimate of drug-likeness (QED) is 0.210. The van der Waals surface area contributed by atoms with Crippen molar-refractivity contribution in [3.05, 3.63) is 95.1 Å². The maximum absolute atomic E-state index is 13.8. The van der Waals surface area contributed by atoms with Gasteiger partial charge in [0.25, 0.3) is 0 Å². The van der Waals surface area contributed by atoms with Gasteiger partial charge in [0.15, 0.2) is 0 Å². The summed E-state index contributed by atoms with van der Waals surface area (Å²) in [5.74, 6) is 0.408. The zero-order valence-electron chi connectivity index (χ0n) is 19.3. The molecule has 0 fully saturated rings. The topological polar surface area (TPSA) is 53.6 Å². The summed E-state index contributed by atoms with van der Waals surface area (Å²) < 4.78 is 32.5. The first kappa shape index (κ1) is 25.0. The number of nitrogens with zero attached hydrogens (tertiary/aromatic N) is 1. The maximum Gasteiger partial charge on any atom is 0.319 e. The molecule has 0 saturated carbocycles. The van der Waals surface area contributed by atoms with E-state index in [9.17, 15) is 13.6 Å². The van der Waals surface area contributed by atoms with Crippen molar-refractivity contribution >= 4 is 24.3 Å². The Morgan fingerprint density at radius 3 is 2.63 bits per heavy atom. The number of anilines is 1. The van der Waals surface area contributed by atoms with Crippen LogP contribution in [0.3, 0.4) is 0 Å². The number of halogens is 2. The summed E-state index contributed by atoms with van der Waals surface area (Å²) in [5.41, 5.74) is 3.83. The van der Waals surface area contributed by atoms with Gasteiger partial charge >= 0.3 is 6.03 Å². The van der Waals surface area contributed by atoms with Gasteiger partial charge in [-0.3, -0.25) is 4.90 Å². The summed E-state index contributed by atoms with van der Waals surface area (Å²) in [6.45, 7) is 1.99. The molecule has 0 spiro atoms. The Morgan fingerprint density at radius 1 is 1.03 bits per heavy atom. The van der Waals surface area contributed by atoms with Crippen molar-refractivity contribution in [3.8, 4) is 5.75 Å². The molecule has 0 radical (unpaired) electrons. The van der Waals surface area contributed by atoms with Crippen LogP contribution in [0.5, 0.6) is 5.75 Å². The lowest BCUT2D eigenvalue weighted by Gasteiger charge is -2.37. The number of fused-ring (bicyclic) bond motifs is 1. The number of rotatable bonds is 9. The van der Waals surface area contributed by atoms with E-state index in [2.05, 4.69) is 28.2 Å². The molecule has 1 aliphatic rings. The normalized spacial score (nSPS) is 15.3. The number of benzene rings is 3. The summed E-state index contributed by atoms with van der Waals surface area (Å²) in [5, 5.41) is 5.70. The highest BCUT2D eigenvalue weighted by Crippen LogP contribution is 2.26. The third-order valence-electron chi connectivity index (χ3n) is 6.13. The van der Waals surface area contributed by atoms with Gasteiger partial charge in [-0.25, -0.2) is 13.6 Å². The van der Waals surface area contributed by atoms with Gasteiger partial charge in [0.1, 0.15) is 23.3 Å². The number of carbonyl (C=O) groups excluding carboxylic acids is 1. The lowest BCUT2D eigenvalue weighted by atomic mass is 9.90. The van der Waals surface area contributed by atoms with Crippen molar-refractivity contribution in [1.29, 1.82) is 0 Å². The molecule has 1 aliphatic heterocycles. The SMILES string of the molecule is O=C(NCCCN1Cc2ccc(F)cc2CC1Cc1ccc(F)cc1)Nc1cccc(OCS)c1. The van der Waals surface area contributed by atoms with Crippen molar-refractivity contribution in [3.63, 3.8) is 0 Å². The average Bonchev–Trinajstić information content (AvgIpc) is 2.84. The lowest BCUT2D eigenvalue weighted by molar-refractivity contribution is 0.167. The van der Waals surface area contributed by atoms with Crippen molar-refractivity contribution in [2.24, 2.45) is 0 Å². The van der Waals surface area contributed by atoms with Gasteiger partial charge in [-0.2, -0.15) is 0 Å². The van der Waals surface area contributed by atoms with E-state index in [0.29, 0.717) is 24.5 Å². The molecule has 0 bridgehead atoms. The molecule has 3 aromatic rings. The standard InChI is InChI=1S/C27H29F2N3O2S/c28-22-8-5-19(6-9-22)13-25-15-21-14-23(29)10-7-20(21)17-32(25)12-2-11-30-27(33)31-24-3-1-4-26(16-24)34-18-35/h1,3-10,14,16,25,35H,2,11-13,15,17-18H2,(H2,30,31,33). The molecule has 184 valence electrons. The zero-order valence-corrected chi connectivity index (χ0v) is 20.2. The number of amides is 2. The van der Waals surface area contributed by atoms with Crippen LogP contribution in [0.25, 0.3) is 0 Å². The van der Waals surface area contributed by atoms with Crippen LogP contribution < -0.4 is 15.4 Å². The largest absolute Gasteiger partial charge is 0.483 e. The van der Waals surface area contributed by atoms with Crippen LogP contribution in [-0.4, -0.2) is 36.0 Å². The average molecular weight is 498 g/mol. The van der Waals surface area contributed by atoms with Crippen LogP contribution >= 0.6 is 12.6 Å². The molecule has 4 rings (SSSR count). The first-order valence-corrected chi connectivity index (χ1v) is 12.3. The molecule has 0 saturated heterocycles. The van der Waals surface area contributed by atoms with Gasteiger partial charge in [-0.1, -0.05) is 24.3 Å². The predicted molar refractivity (Wildman–Crippen MR) is 137 cm³/mol. The molecule has 0 aliphatic carbocycles. The van der Waals surface area contributed by atoms with Gasteiger partial charge < -0.3 is 15.4 Å². The van der Waals surface area contributed by atoms with E-state index in [4.69, 9.17) is 4.74 Å². The second-order valence-corrected chi connectivity index (χ2v) is 8.87. The molecule has 1 unspecified atom stereocenters. The summed E-state index contributed by atoms with van der Waals surface area (Å²) in [4.78, 5) is 14.7. The number of hydrogen-bond donors (Lipinski definition) is 3. The Balaban J connectivity index is 1.32. The number of hydrogen-bond acceptors (Lipinski definition) is 4. The Morgan fingerprint density at radius 2 is 1.83 bits per heavy atom. The van der Waals surface area contributed by atoms with E-state index in [0.717, 1.165) is 42.5 Å². The van der Waals surface area contributed by atoms with Gasteiger partial charge in [-0.05, 0) is 72.4 Å². The van der Waals surface area contributed by atoms with Crippen molar-refractivity contribution in [1.82, 2.24) is 10.2 Å². The van der Waals surface area contributed by atoms with Gasteiger partial charge in [-0.15, -0.1) is 12.6 Å². The molecule has 5 nitrogen and oxygen atoms in total. The fourth-order valence-electron chi connectivity index (χ4n) is 4.42. The minimum atomic E-state index is -0.282. The summed E-state index contributed by atoms with van der Waals surface area (Å²) in [6.07, 6.45) is 2.23. The minimum Gasteiger partial charge on any atom is -0.483 e. The van der Waals surface area contributed by atoms with Crippen LogP contribution in [0.2, 0.25) is 0 Å². The Kier molecular flexibility index (Phi) is 8.60. The first-order chi connectivity index (χ1) is 17.0. The number of carbonyl (C=O) groups is 1. The highest BCUT2D eigenvalue weighted by Gasteiger charge is 2.26. The third-order valence-corrected chi connectivity index (χ3v) is 6.26. The first-order valence-electron chi connectivity index (χ1n) is 11.6. The Labute approximate surface area is 209 Å². The molecular formula is C27H29F2N3O2S. The molecule has 1 atom stereocenters. The van der Waals surface area contributed by atoms with E-state index in [1.54, 1.807) is 42.5 Å². The zero-order chi connectivity index (χ0) is 24.6. The van der Waals surface area contributed by atoms with Crippen molar-refractivity contribution < 1.29 is 18.3 Å². The molecule has 2 N–H and O–H groups in total. The summed E-state index contributed by atoms with van der Waals surface area (Å²) in [6, 6.07) is 18.5. The van der Waals surface area contributed by atoms with Crippen LogP contribution in [0, 0.1) is 11.6 Å². The predicted octanol–water partition coefficient (Wildman–Crippen LogP) is 5.41. The van der Waals surface area contributed by atoms with Crippen LogP contribution in [0.15, 0.2) is 66.7 Å². The second-order valence-electron chi connectivity index (χ2n) is 8.61. The van der Waals surface area contributed by atoms with Gasteiger partial charge in [0, 0.05) is 37.4 Å².